The number of carbonyl (C=O) groups excluding carboxylic acids is 1. The fraction of sp³-hybridized carbons (Fsp3) is 0.455. The Kier molecular flexibility index (Phi) is 6.61. The van der Waals surface area contributed by atoms with E-state index in [1.165, 1.54) is 23.8 Å². The molecule has 4 rings (SSSR count). The molecule has 9 heteroatoms. The monoisotopic (exact) mass is 423 g/mol. The molecule has 0 aromatic carbocycles. The molecule has 1 unspecified atom stereocenters. The van der Waals surface area contributed by atoms with Gasteiger partial charge >= 0.3 is 0 Å². The van der Waals surface area contributed by atoms with Crippen LogP contribution in [0.5, 0.6) is 0 Å². The molecule has 4 N–H and O–H groups in total. The third-order valence-corrected chi connectivity index (χ3v) is 5.71. The molecule has 31 heavy (non-hydrogen) atoms. The van der Waals surface area contributed by atoms with Gasteiger partial charge in [-0.2, -0.15) is 0 Å². The van der Waals surface area contributed by atoms with Crippen molar-refractivity contribution >= 4 is 22.6 Å². The topological polar surface area (TPSA) is 117 Å². The summed E-state index contributed by atoms with van der Waals surface area (Å²) < 4.78 is 1.45. The summed E-state index contributed by atoms with van der Waals surface area (Å²) in [5.41, 5.74) is 2.08. The summed E-state index contributed by atoms with van der Waals surface area (Å²) in [6.07, 6.45) is 9.80. The Balaban J connectivity index is 1.33. The lowest BCUT2D eigenvalue weighted by Crippen LogP contribution is -2.36. The van der Waals surface area contributed by atoms with E-state index < -0.39 is 0 Å². The highest BCUT2D eigenvalue weighted by atomic mass is 16.2. The summed E-state index contributed by atoms with van der Waals surface area (Å²) in [4.78, 5) is 37.0. The number of aryl methyl sites for hydroxylation is 1. The van der Waals surface area contributed by atoms with Crippen LogP contribution in [0.3, 0.4) is 0 Å². The summed E-state index contributed by atoms with van der Waals surface area (Å²) in [6, 6.07) is 4.37. The number of rotatable bonds is 8. The average Bonchev–Trinajstić information content (AvgIpc) is 3.25. The van der Waals surface area contributed by atoms with Gasteiger partial charge in [-0.1, -0.05) is 6.42 Å². The second-order valence-electron chi connectivity index (χ2n) is 8.02. The molecule has 1 saturated heterocycles. The lowest BCUT2D eigenvalue weighted by Gasteiger charge is -2.23. The van der Waals surface area contributed by atoms with E-state index >= 15 is 0 Å². The van der Waals surface area contributed by atoms with Gasteiger partial charge in [-0.05, 0) is 44.9 Å². The molecule has 1 atom stereocenters. The van der Waals surface area contributed by atoms with Crippen LogP contribution in [0, 0.1) is 6.92 Å². The van der Waals surface area contributed by atoms with Crippen molar-refractivity contribution in [3.05, 3.63) is 52.5 Å². The van der Waals surface area contributed by atoms with Crippen molar-refractivity contribution < 1.29 is 4.79 Å². The van der Waals surface area contributed by atoms with Crippen LogP contribution >= 0.6 is 0 Å². The molecule has 3 aromatic heterocycles. The van der Waals surface area contributed by atoms with Gasteiger partial charge in [0.25, 0.3) is 5.56 Å². The van der Waals surface area contributed by atoms with Gasteiger partial charge in [0.05, 0.1) is 24.0 Å². The molecular formula is C22H29N7O2. The Morgan fingerprint density at radius 2 is 2.19 bits per heavy atom. The molecule has 1 amide bonds. The minimum absolute atomic E-state index is 0.0571. The Morgan fingerprint density at radius 1 is 1.29 bits per heavy atom. The molecule has 0 bridgehead atoms. The Bertz CT molecular complexity index is 1100. The molecule has 1 fully saturated rings. The number of fused-ring (bicyclic) bond motifs is 1. The van der Waals surface area contributed by atoms with Crippen molar-refractivity contribution in [3.8, 4) is 0 Å². The van der Waals surface area contributed by atoms with Crippen molar-refractivity contribution in [2.45, 2.75) is 51.7 Å². The normalized spacial score (nSPS) is 16.4. The molecule has 9 nitrogen and oxygen atoms in total. The zero-order chi connectivity index (χ0) is 21.6. The van der Waals surface area contributed by atoms with Crippen LogP contribution in [0.4, 0.5) is 5.82 Å². The van der Waals surface area contributed by atoms with E-state index in [4.69, 9.17) is 0 Å². The van der Waals surface area contributed by atoms with Crippen LogP contribution in [0.15, 0.2) is 35.5 Å². The fourth-order valence-corrected chi connectivity index (χ4v) is 3.91. The van der Waals surface area contributed by atoms with Crippen LogP contribution < -0.4 is 21.5 Å². The summed E-state index contributed by atoms with van der Waals surface area (Å²) in [7, 11) is 0. The number of pyridine rings is 1. The predicted molar refractivity (Wildman–Crippen MR) is 120 cm³/mol. The second kappa shape index (κ2) is 9.74. The average molecular weight is 424 g/mol. The first-order valence-corrected chi connectivity index (χ1v) is 10.8. The van der Waals surface area contributed by atoms with Crippen LogP contribution in [-0.4, -0.2) is 44.6 Å². The Hall–Kier alpha value is -3.20. The van der Waals surface area contributed by atoms with E-state index in [2.05, 4.69) is 30.9 Å². The number of nitrogens with one attached hydrogen (secondary N) is 4. The molecule has 1 aliphatic heterocycles. The molecular weight excluding hydrogens is 394 g/mol. The van der Waals surface area contributed by atoms with Crippen molar-refractivity contribution in [2.75, 3.05) is 18.4 Å². The van der Waals surface area contributed by atoms with E-state index in [1.807, 2.05) is 18.3 Å². The quantitative estimate of drug-likeness (QED) is 0.438. The zero-order valence-corrected chi connectivity index (χ0v) is 17.8. The first-order valence-electron chi connectivity index (χ1n) is 10.8. The van der Waals surface area contributed by atoms with E-state index in [9.17, 15) is 9.59 Å². The summed E-state index contributed by atoms with van der Waals surface area (Å²) >= 11 is 0. The van der Waals surface area contributed by atoms with Crippen LogP contribution in [-0.2, 0) is 17.9 Å². The molecule has 164 valence electrons. The van der Waals surface area contributed by atoms with Gasteiger partial charge < -0.3 is 20.9 Å². The van der Waals surface area contributed by atoms with Gasteiger partial charge in [0, 0.05) is 36.1 Å². The summed E-state index contributed by atoms with van der Waals surface area (Å²) in [6.45, 7) is 3.75. The van der Waals surface area contributed by atoms with Crippen LogP contribution in [0.2, 0.25) is 0 Å². The van der Waals surface area contributed by atoms with Gasteiger partial charge in [-0.3, -0.25) is 19.1 Å². The molecule has 3 aromatic rings. The Labute approximate surface area is 180 Å². The Morgan fingerprint density at radius 3 is 3.03 bits per heavy atom. The third kappa shape index (κ3) is 5.29. The van der Waals surface area contributed by atoms with Crippen molar-refractivity contribution in [3.63, 3.8) is 0 Å². The minimum Gasteiger partial charge on any atom is -0.365 e. The highest BCUT2D eigenvalue weighted by molar-refractivity contribution is 5.79. The zero-order valence-electron chi connectivity index (χ0n) is 17.8. The number of aromatic amines is 1. The van der Waals surface area contributed by atoms with E-state index in [0.29, 0.717) is 24.8 Å². The second-order valence-corrected chi connectivity index (χ2v) is 8.02. The van der Waals surface area contributed by atoms with Gasteiger partial charge in [-0.15, -0.1) is 0 Å². The molecule has 0 radical (unpaired) electrons. The van der Waals surface area contributed by atoms with Crippen LogP contribution in [0.1, 0.15) is 37.1 Å². The smallest absolute Gasteiger partial charge is 0.293 e. The van der Waals surface area contributed by atoms with E-state index in [1.54, 1.807) is 19.3 Å². The maximum Gasteiger partial charge on any atom is 0.293 e. The van der Waals surface area contributed by atoms with Gasteiger partial charge in [0.15, 0.2) is 5.82 Å². The lowest BCUT2D eigenvalue weighted by molar-refractivity contribution is -0.121. The predicted octanol–water partition coefficient (Wildman–Crippen LogP) is 1.69. The minimum atomic E-state index is -0.279. The molecule has 0 spiro atoms. The van der Waals surface area contributed by atoms with Crippen molar-refractivity contribution in [1.29, 1.82) is 0 Å². The number of piperidine rings is 1. The number of hydrogen-bond donors (Lipinski definition) is 4. The van der Waals surface area contributed by atoms with E-state index in [-0.39, 0.29) is 23.8 Å². The largest absolute Gasteiger partial charge is 0.365 e. The molecule has 0 saturated carbocycles. The highest BCUT2D eigenvalue weighted by Gasteiger charge is 2.14. The lowest BCUT2D eigenvalue weighted by atomic mass is 10.0. The number of aromatic nitrogens is 4. The molecule has 4 heterocycles. The van der Waals surface area contributed by atoms with Crippen molar-refractivity contribution in [1.82, 2.24) is 30.2 Å². The molecule has 0 aliphatic carbocycles. The maximum absolute atomic E-state index is 12.8. The number of nitrogens with zero attached hydrogens (tertiary/aromatic N) is 3. The first kappa shape index (κ1) is 21.0. The number of anilines is 1. The fourth-order valence-electron chi connectivity index (χ4n) is 3.91. The van der Waals surface area contributed by atoms with E-state index in [0.717, 1.165) is 29.6 Å². The van der Waals surface area contributed by atoms with Crippen molar-refractivity contribution in [2.24, 2.45) is 0 Å². The third-order valence-electron chi connectivity index (χ3n) is 5.71. The summed E-state index contributed by atoms with van der Waals surface area (Å²) in [5.74, 6) is 0.0403. The highest BCUT2D eigenvalue weighted by Crippen LogP contribution is 2.12. The summed E-state index contributed by atoms with van der Waals surface area (Å²) in [5, 5.41) is 10.5. The van der Waals surface area contributed by atoms with Gasteiger partial charge in [0.2, 0.25) is 5.91 Å². The number of amides is 1. The number of hydrogen-bond acceptors (Lipinski definition) is 6. The molecule has 1 aliphatic rings. The van der Waals surface area contributed by atoms with Gasteiger partial charge in [-0.25, -0.2) is 4.98 Å². The van der Waals surface area contributed by atoms with Gasteiger partial charge in [0.1, 0.15) is 6.54 Å². The standard InChI is InChI=1S/C22H29N7O2/c1-15-11-28-21(25-9-6-17-4-2-3-7-23-17)22(31)29(15)14-20(30)27-12-18-10-16-5-8-24-19(16)13-26-18/h5,8,10-11,13,17,23-24H,2-4,6-7,9,12,14H2,1H3,(H,25,28)(H,27,30). The van der Waals surface area contributed by atoms with Crippen LogP contribution in [0.25, 0.3) is 10.9 Å². The number of H-pyrrole nitrogens is 1. The SMILES string of the molecule is Cc1cnc(NCCC2CCCCN2)c(=O)n1CC(=O)NCc1cc2cc[nH]c2cn1. The maximum atomic E-state index is 12.8. The number of carbonyl (C=O) groups is 1. The first-order chi connectivity index (χ1) is 15.1.